The number of aliphatic hydroxyl groups excluding tert-OH is 4. The molecule has 0 bridgehead atoms. The monoisotopic (exact) mass is 306 g/mol. The Morgan fingerprint density at radius 1 is 1.00 bits per heavy atom. The molecule has 3 rings (SSSR count). The Morgan fingerprint density at radius 3 is 2.55 bits per heavy atom. The number of ether oxygens (including phenoxy) is 1. The van der Waals surface area contributed by atoms with Crippen LogP contribution in [0.15, 0.2) is 30.5 Å². The van der Waals surface area contributed by atoms with E-state index in [9.17, 15) is 20.4 Å². The number of aliphatic hydroxyl groups is 4. The third kappa shape index (κ3) is 2.81. The summed E-state index contributed by atoms with van der Waals surface area (Å²) in [7, 11) is 0. The average Bonchev–Trinajstić information content (AvgIpc) is 2.55. The highest BCUT2D eigenvalue weighted by Crippen LogP contribution is 2.23. The molecule has 0 aromatic carbocycles. The average molecular weight is 306 g/mol. The molecular weight excluding hydrogens is 288 g/mol. The van der Waals surface area contributed by atoms with Gasteiger partial charge < -0.3 is 25.2 Å². The van der Waals surface area contributed by atoms with Gasteiger partial charge in [0.2, 0.25) is 0 Å². The van der Waals surface area contributed by atoms with Crippen molar-refractivity contribution in [2.75, 3.05) is 6.61 Å². The number of pyridine rings is 2. The molecule has 0 spiro atoms. The van der Waals surface area contributed by atoms with Crippen molar-refractivity contribution in [3.63, 3.8) is 0 Å². The van der Waals surface area contributed by atoms with E-state index in [0.29, 0.717) is 11.3 Å². The second-order valence-electron chi connectivity index (χ2n) is 5.42. The van der Waals surface area contributed by atoms with Crippen molar-refractivity contribution >= 4 is 11.0 Å². The predicted molar refractivity (Wildman–Crippen MR) is 77.0 cm³/mol. The maximum Gasteiger partial charge on any atom is 0.159 e. The minimum Gasteiger partial charge on any atom is -0.394 e. The standard InChI is InChI=1S/C15H18N2O5/c18-7-11-13(20)14(21)12(19)10(22-11)6-9-4-3-8-2-1-5-16-15(8)17-9/h1-5,10-14,18-21H,6-7H2/t10-,11+,12-,13-,14+/m0/s1. The molecule has 22 heavy (non-hydrogen) atoms. The van der Waals surface area contributed by atoms with Crippen molar-refractivity contribution in [3.8, 4) is 0 Å². The van der Waals surface area contributed by atoms with Crippen molar-refractivity contribution in [3.05, 3.63) is 36.2 Å². The fraction of sp³-hybridized carbons (Fsp3) is 0.467. The number of nitrogens with zero attached hydrogens (tertiary/aromatic N) is 2. The Kier molecular flexibility index (Phi) is 4.32. The van der Waals surface area contributed by atoms with Crippen LogP contribution in [0.3, 0.4) is 0 Å². The van der Waals surface area contributed by atoms with E-state index in [4.69, 9.17) is 4.74 Å². The van der Waals surface area contributed by atoms with Crippen LogP contribution in [0.1, 0.15) is 5.69 Å². The summed E-state index contributed by atoms with van der Waals surface area (Å²) in [4.78, 5) is 8.56. The molecule has 0 saturated carbocycles. The van der Waals surface area contributed by atoms with Gasteiger partial charge in [0.1, 0.15) is 24.4 Å². The molecule has 7 heteroatoms. The van der Waals surface area contributed by atoms with Gasteiger partial charge in [-0.15, -0.1) is 0 Å². The molecule has 1 fully saturated rings. The van der Waals surface area contributed by atoms with Crippen LogP contribution in [-0.2, 0) is 11.2 Å². The molecule has 4 N–H and O–H groups in total. The van der Waals surface area contributed by atoms with Gasteiger partial charge >= 0.3 is 0 Å². The van der Waals surface area contributed by atoms with Gasteiger partial charge in [-0.1, -0.05) is 0 Å². The Balaban J connectivity index is 1.80. The SMILES string of the molecule is OC[C@H]1O[C@@H](Cc2ccc3cccnc3n2)[C@H](O)[C@@H](O)[C@H]1O. The first-order valence-electron chi connectivity index (χ1n) is 7.11. The lowest BCUT2D eigenvalue weighted by atomic mass is 9.93. The summed E-state index contributed by atoms with van der Waals surface area (Å²) in [5, 5.41) is 39.7. The number of rotatable bonds is 3. The highest BCUT2D eigenvalue weighted by atomic mass is 16.5. The molecule has 118 valence electrons. The Hall–Kier alpha value is -1.64. The van der Waals surface area contributed by atoms with Crippen LogP contribution >= 0.6 is 0 Å². The topological polar surface area (TPSA) is 116 Å². The zero-order valence-electron chi connectivity index (χ0n) is 11.8. The van der Waals surface area contributed by atoms with Gasteiger partial charge in [0.15, 0.2) is 5.65 Å². The first-order chi connectivity index (χ1) is 10.6. The highest BCUT2D eigenvalue weighted by molar-refractivity contribution is 5.74. The van der Waals surface area contributed by atoms with Gasteiger partial charge in [-0.2, -0.15) is 0 Å². The van der Waals surface area contributed by atoms with Crippen molar-refractivity contribution in [2.45, 2.75) is 36.9 Å². The summed E-state index contributed by atoms with van der Waals surface area (Å²) in [6.07, 6.45) is -3.73. The van der Waals surface area contributed by atoms with Gasteiger partial charge in [0.05, 0.1) is 12.7 Å². The van der Waals surface area contributed by atoms with E-state index in [2.05, 4.69) is 9.97 Å². The van der Waals surface area contributed by atoms with Crippen LogP contribution in [0.25, 0.3) is 11.0 Å². The minimum atomic E-state index is -1.37. The van der Waals surface area contributed by atoms with E-state index >= 15 is 0 Å². The number of fused-ring (bicyclic) bond motifs is 1. The molecule has 0 amide bonds. The van der Waals surface area contributed by atoms with E-state index in [-0.39, 0.29) is 6.42 Å². The third-order valence-electron chi connectivity index (χ3n) is 3.92. The summed E-state index contributed by atoms with van der Waals surface area (Å²) in [6, 6.07) is 7.38. The van der Waals surface area contributed by atoms with E-state index in [1.54, 1.807) is 12.3 Å². The summed E-state index contributed by atoms with van der Waals surface area (Å²) < 4.78 is 5.48. The van der Waals surface area contributed by atoms with Crippen LogP contribution in [0.2, 0.25) is 0 Å². The van der Waals surface area contributed by atoms with Crippen molar-refractivity contribution in [2.24, 2.45) is 0 Å². The normalized spacial score (nSPS) is 32.3. The molecule has 7 nitrogen and oxygen atoms in total. The lowest BCUT2D eigenvalue weighted by molar-refractivity contribution is -0.228. The molecule has 5 atom stereocenters. The van der Waals surface area contributed by atoms with Gasteiger partial charge in [-0.3, -0.25) is 0 Å². The largest absolute Gasteiger partial charge is 0.394 e. The summed E-state index contributed by atoms with van der Waals surface area (Å²) in [5.41, 5.74) is 1.24. The molecule has 0 aliphatic carbocycles. The van der Waals surface area contributed by atoms with E-state index in [0.717, 1.165) is 5.39 Å². The molecule has 1 aliphatic rings. The lowest BCUT2D eigenvalue weighted by Crippen LogP contribution is -2.59. The van der Waals surface area contributed by atoms with Crippen LogP contribution in [0.4, 0.5) is 0 Å². The van der Waals surface area contributed by atoms with E-state index < -0.39 is 37.1 Å². The smallest absolute Gasteiger partial charge is 0.159 e. The van der Waals surface area contributed by atoms with Gasteiger partial charge in [-0.25, -0.2) is 9.97 Å². The molecule has 0 unspecified atom stereocenters. The van der Waals surface area contributed by atoms with Crippen LogP contribution in [0, 0.1) is 0 Å². The van der Waals surface area contributed by atoms with Crippen LogP contribution in [-0.4, -0.2) is 67.5 Å². The Labute approximate surface area is 126 Å². The van der Waals surface area contributed by atoms with Crippen molar-refractivity contribution in [1.82, 2.24) is 9.97 Å². The highest BCUT2D eigenvalue weighted by Gasteiger charge is 2.43. The van der Waals surface area contributed by atoms with Crippen molar-refractivity contribution in [1.29, 1.82) is 0 Å². The maximum atomic E-state index is 10.0. The maximum absolute atomic E-state index is 10.0. The lowest BCUT2D eigenvalue weighted by Gasteiger charge is -2.40. The van der Waals surface area contributed by atoms with Crippen molar-refractivity contribution < 1.29 is 25.2 Å². The third-order valence-corrected chi connectivity index (χ3v) is 3.92. The van der Waals surface area contributed by atoms with E-state index in [1.807, 2.05) is 18.2 Å². The van der Waals surface area contributed by atoms with E-state index in [1.165, 1.54) is 0 Å². The predicted octanol–water partition coefficient (Wildman–Crippen LogP) is -0.985. The Bertz CT molecular complexity index is 651. The molecule has 0 radical (unpaired) electrons. The fourth-order valence-electron chi connectivity index (χ4n) is 2.66. The van der Waals surface area contributed by atoms with Gasteiger partial charge in [0.25, 0.3) is 0 Å². The van der Waals surface area contributed by atoms with Gasteiger partial charge in [-0.05, 0) is 24.3 Å². The molecule has 2 aromatic heterocycles. The second kappa shape index (κ2) is 6.23. The Morgan fingerprint density at radius 2 is 1.77 bits per heavy atom. The molecule has 1 aliphatic heterocycles. The summed E-state index contributed by atoms with van der Waals surface area (Å²) >= 11 is 0. The second-order valence-corrected chi connectivity index (χ2v) is 5.42. The summed E-state index contributed by atoms with van der Waals surface area (Å²) in [6.45, 7) is -0.436. The van der Waals surface area contributed by atoms with Crippen LogP contribution < -0.4 is 0 Å². The zero-order chi connectivity index (χ0) is 15.7. The number of aromatic nitrogens is 2. The molecular formula is C15H18N2O5. The number of hydrogen-bond acceptors (Lipinski definition) is 7. The first kappa shape index (κ1) is 15.3. The molecule has 1 saturated heterocycles. The quantitative estimate of drug-likeness (QED) is 0.575. The first-order valence-corrected chi connectivity index (χ1v) is 7.11. The van der Waals surface area contributed by atoms with Gasteiger partial charge in [0, 0.05) is 23.7 Å². The molecule has 3 heterocycles. The van der Waals surface area contributed by atoms with Crippen LogP contribution in [0.5, 0.6) is 0 Å². The molecule has 2 aromatic rings. The number of hydrogen-bond donors (Lipinski definition) is 4. The minimum absolute atomic E-state index is 0.244. The zero-order valence-corrected chi connectivity index (χ0v) is 11.8. The fourth-order valence-corrected chi connectivity index (χ4v) is 2.66. The summed E-state index contributed by atoms with van der Waals surface area (Å²) in [5.74, 6) is 0.